The third-order valence-electron chi connectivity index (χ3n) is 6.06. The van der Waals surface area contributed by atoms with Gasteiger partial charge >= 0.3 is 0 Å². The van der Waals surface area contributed by atoms with Crippen molar-refractivity contribution in [1.82, 2.24) is 20.3 Å². The van der Waals surface area contributed by atoms with Crippen LogP contribution in [0.3, 0.4) is 0 Å². The van der Waals surface area contributed by atoms with Crippen molar-refractivity contribution in [3.8, 4) is 10.6 Å². The molecule has 2 N–H and O–H groups in total. The molecule has 5 rings (SSSR count). The van der Waals surface area contributed by atoms with Crippen LogP contribution in [0.15, 0.2) is 73.2 Å². The number of amides is 2. The van der Waals surface area contributed by atoms with Crippen LogP contribution in [-0.2, 0) is 11.3 Å². The molecule has 0 bridgehead atoms. The molecule has 2 amide bonds. The Morgan fingerprint density at radius 1 is 1.16 bits per heavy atom. The monoisotopic (exact) mass is 519 g/mol. The number of carbonyl (C=O) groups is 2. The Morgan fingerprint density at radius 3 is 2.68 bits per heavy atom. The van der Waals surface area contributed by atoms with Gasteiger partial charge in [-0.05, 0) is 13.0 Å². The summed E-state index contributed by atoms with van der Waals surface area (Å²) in [6, 6.07) is 15.9. The van der Waals surface area contributed by atoms with Crippen LogP contribution >= 0.6 is 11.3 Å². The standard InChI is InChI=1S/C27H23F2N5O2S/c1-17-24(37-25(33-17)18-7-3-2-4-8-18)26(36)34-12-11-27(28,29)21(20-9-5-6-10-22(20)34)13-23(35)31-15-19-14-30-16-32-19/h2-10,13-14,16H,11-12,15H2,1H3,(H,30,32)(H,31,35)/b21-13-. The molecule has 7 nitrogen and oxygen atoms in total. The minimum absolute atomic E-state index is 0.0956. The number of para-hydroxylation sites is 1. The van der Waals surface area contributed by atoms with Crippen molar-refractivity contribution < 1.29 is 18.4 Å². The number of aromatic nitrogens is 3. The number of aromatic amines is 1. The predicted octanol–water partition coefficient (Wildman–Crippen LogP) is 5.23. The number of anilines is 1. The van der Waals surface area contributed by atoms with Crippen LogP contribution in [-0.4, -0.2) is 39.2 Å². The van der Waals surface area contributed by atoms with E-state index in [4.69, 9.17) is 0 Å². The Kier molecular flexibility index (Phi) is 6.66. The Bertz CT molecular complexity index is 1470. The minimum Gasteiger partial charge on any atom is -0.351 e. The second-order valence-electron chi connectivity index (χ2n) is 8.56. The minimum atomic E-state index is -3.33. The molecule has 0 atom stereocenters. The van der Waals surface area contributed by atoms with Gasteiger partial charge in [0.15, 0.2) is 0 Å². The van der Waals surface area contributed by atoms with Crippen LogP contribution in [0.1, 0.15) is 33.0 Å². The summed E-state index contributed by atoms with van der Waals surface area (Å²) in [7, 11) is 0. The molecule has 1 aliphatic heterocycles. The highest BCUT2D eigenvalue weighted by atomic mass is 32.1. The second kappa shape index (κ2) is 10.1. The largest absolute Gasteiger partial charge is 0.351 e. The highest BCUT2D eigenvalue weighted by Gasteiger charge is 2.41. The van der Waals surface area contributed by atoms with Crippen molar-refractivity contribution in [2.75, 3.05) is 11.4 Å². The van der Waals surface area contributed by atoms with Gasteiger partial charge in [0, 0.05) is 41.9 Å². The van der Waals surface area contributed by atoms with Crippen molar-refractivity contribution in [2.24, 2.45) is 0 Å². The molecule has 10 heteroatoms. The quantitative estimate of drug-likeness (QED) is 0.354. The van der Waals surface area contributed by atoms with E-state index in [0.717, 1.165) is 11.6 Å². The number of carbonyl (C=O) groups excluding carboxylic acids is 2. The zero-order chi connectivity index (χ0) is 26.0. The number of halogens is 2. The molecule has 2 aromatic heterocycles. The van der Waals surface area contributed by atoms with E-state index in [1.54, 1.807) is 31.3 Å². The fraction of sp³-hybridized carbons (Fsp3) is 0.185. The van der Waals surface area contributed by atoms with Crippen LogP contribution in [0, 0.1) is 6.92 Å². The first-order chi connectivity index (χ1) is 17.8. The molecule has 188 valence electrons. The van der Waals surface area contributed by atoms with Gasteiger partial charge in [-0.2, -0.15) is 0 Å². The number of allylic oxidation sites excluding steroid dienone is 1. The molecular formula is C27H23F2N5O2S. The number of nitrogens with zero attached hydrogens (tertiary/aromatic N) is 3. The number of nitrogens with one attached hydrogen (secondary N) is 2. The van der Waals surface area contributed by atoms with Gasteiger partial charge < -0.3 is 15.2 Å². The van der Waals surface area contributed by atoms with Gasteiger partial charge in [-0.3, -0.25) is 9.59 Å². The summed E-state index contributed by atoms with van der Waals surface area (Å²) in [6.45, 7) is 1.62. The van der Waals surface area contributed by atoms with Gasteiger partial charge in [-0.25, -0.2) is 18.7 Å². The van der Waals surface area contributed by atoms with E-state index in [1.807, 2.05) is 30.3 Å². The maximum atomic E-state index is 15.4. The maximum Gasteiger partial charge on any atom is 0.275 e. The van der Waals surface area contributed by atoms with Crippen LogP contribution in [0.5, 0.6) is 0 Å². The Morgan fingerprint density at radius 2 is 1.92 bits per heavy atom. The highest BCUT2D eigenvalue weighted by Crippen LogP contribution is 2.43. The molecule has 2 aromatic carbocycles. The van der Waals surface area contributed by atoms with E-state index in [0.29, 0.717) is 27.0 Å². The maximum absolute atomic E-state index is 15.4. The highest BCUT2D eigenvalue weighted by molar-refractivity contribution is 7.17. The number of hydrogen-bond acceptors (Lipinski definition) is 5. The van der Waals surface area contributed by atoms with Crippen LogP contribution in [0.2, 0.25) is 0 Å². The average molecular weight is 520 g/mol. The first-order valence-corrected chi connectivity index (χ1v) is 12.4. The summed E-state index contributed by atoms with van der Waals surface area (Å²) in [5.41, 5.74) is 2.03. The Balaban J connectivity index is 1.48. The normalized spacial score (nSPS) is 15.8. The Hall–Kier alpha value is -4.18. The molecule has 0 saturated carbocycles. The third-order valence-corrected chi connectivity index (χ3v) is 7.25. The molecule has 0 aliphatic carbocycles. The van der Waals surface area contributed by atoms with E-state index in [-0.39, 0.29) is 18.7 Å². The van der Waals surface area contributed by atoms with Crippen LogP contribution < -0.4 is 10.2 Å². The van der Waals surface area contributed by atoms with Crippen LogP contribution in [0.25, 0.3) is 16.1 Å². The number of fused-ring (bicyclic) bond motifs is 1. The number of H-pyrrole nitrogens is 1. The number of imidazole rings is 1. The molecule has 0 saturated heterocycles. The van der Waals surface area contributed by atoms with Gasteiger partial charge in [-0.1, -0.05) is 48.5 Å². The van der Waals surface area contributed by atoms with Crippen molar-refractivity contribution in [2.45, 2.75) is 25.8 Å². The molecule has 0 radical (unpaired) electrons. The van der Waals surface area contributed by atoms with Crippen molar-refractivity contribution in [3.05, 3.63) is 95.0 Å². The smallest absolute Gasteiger partial charge is 0.275 e. The van der Waals surface area contributed by atoms with Gasteiger partial charge in [0.25, 0.3) is 11.8 Å². The average Bonchev–Trinajstić information content (AvgIpc) is 3.54. The summed E-state index contributed by atoms with van der Waals surface area (Å²) < 4.78 is 30.8. The fourth-order valence-electron chi connectivity index (χ4n) is 4.20. The summed E-state index contributed by atoms with van der Waals surface area (Å²) in [5.74, 6) is -4.39. The number of alkyl halides is 2. The summed E-state index contributed by atoms with van der Waals surface area (Å²) in [5, 5.41) is 3.27. The van der Waals surface area contributed by atoms with E-state index < -0.39 is 29.7 Å². The molecule has 4 aromatic rings. The number of thiazole rings is 1. The van der Waals surface area contributed by atoms with Gasteiger partial charge in [0.2, 0.25) is 5.91 Å². The van der Waals surface area contributed by atoms with Crippen molar-refractivity contribution in [3.63, 3.8) is 0 Å². The number of benzene rings is 2. The lowest BCUT2D eigenvalue weighted by molar-refractivity contribution is -0.116. The Labute approximate surface area is 215 Å². The zero-order valence-electron chi connectivity index (χ0n) is 19.9. The van der Waals surface area contributed by atoms with Crippen molar-refractivity contribution in [1.29, 1.82) is 0 Å². The van der Waals surface area contributed by atoms with Crippen LogP contribution in [0.4, 0.5) is 14.5 Å². The second-order valence-corrected chi connectivity index (χ2v) is 9.56. The SMILES string of the molecule is Cc1nc(-c2ccccc2)sc1C(=O)N1CCC(F)(F)/C(=C\C(=O)NCc2c[nH]cn2)c2ccccc21. The zero-order valence-corrected chi connectivity index (χ0v) is 20.7. The van der Waals surface area contributed by atoms with Gasteiger partial charge in [0.05, 0.1) is 29.9 Å². The number of aryl methyl sites for hydroxylation is 1. The van der Waals surface area contributed by atoms with E-state index in [2.05, 4.69) is 20.3 Å². The predicted molar refractivity (Wildman–Crippen MR) is 138 cm³/mol. The lowest BCUT2D eigenvalue weighted by atomic mass is 9.97. The first-order valence-electron chi connectivity index (χ1n) is 11.6. The van der Waals surface area contributed by atoms with E-state index in [1.165, 1.54) is 28.6 Å². The summed E-state index contributed by atoms with van der Waals surface area (Å²) >= 11 is 1.24. The lowest BCUT2D eigenvalue weighted by Crippen LogP contribution is -2.33. The van der Waals surface area contributed by atoms with Crippen molar-refractivity contribution >= 4 is 34.4 Å². The molecule has 0 unspecified atom stereocenters. The third kappa shape index (κ3) is 5.05. The lowest BCUT2D eigenvalue weighted by Gasteiger charge is -2.22. The van der Waals surface area contributed by atoms with Gasteiger partial charge in [-0.15, -0.1) is 11.3 Å². The molecule has 0 spiro atoms. The molecule has 1 aliphatic rings. The van der Waals surface area contributed by atoms with E-state index in [9.17, 15) is 9.59 Å². The summed E-state index contributed by atoms with van der Waals surface area (Å²) in [6.07, 6.45) is 3.37. The molecule has 37 heavy (non-hydrogen) atoms. The fourth-order valence-corrected chi connectivity index (χ4v) is 5.23. The number of hydrogen-bond donors (Lipinski definition) is 2. The molecule has 0 fully saturated rings. The summed E-state index contributed by atoms with van der Waals surface area (Å²) in [4.78, 5) is 39.4. The first kappa shape index (κ1) is 24.5. The van der Waals surface area contributed by atoms with Gasteiger partial charge in [0.1, 0.15) is 9.88 Å². The molecular weight excluding hydrogens is 496 g/mol. The number of rotatable bonds is 5. The van der Waals surface area contributed by atoms with E-state index >= 15 is 8.78 Å². The topological polar surface area (TPSA) is 91.0 Å². The molecule has 3 heterocycles.